The van der Waals surface area contributed by atoms with Gasteiger partial charge in [0.1, 0.15) is 5.69 Å². The summed E-state index contributed by atoms with van der Waals surface area (Å²) >= 11 is 3.20. The number of rotatable bonds is 2. The number of hydrogen-bond acceptors (Lipinski definition) is 4. The number of hydrogen-bond donors (Lipinski definition) is 0. The van der Waals surface area contributed by atoms with Crippen molar-refractivity contribution in [1.29, 1.82) is 0 Å². The van der Waals surface area contributed by atoms with Crippen LogP contribution in [0, 0.1) is 10.1 Å². The summed E-state index contributed by atoms with van der Waals surface area (Å²) in [6.07, 6.45) is 3.30. The standard InChI is InChI=1S/C13H9BrN4O2/c1-17-11-4-8(2-3-9(11)6-16-17)13-12(18(19)20)5-10(14)7-15-13/h2-7H,1H3. The van der Waals surface area contributed by atoms with E-state index in [2.05, 4.69) is 26.0 Å². The third kappa shape index (κ3) is 2.05. The minimum atomic E-state index is -0.430. The Bertz CT molecular complexity index is 828. The van der Waals surface area contributed by atoms with E-state index in [-0.39, 0.29) is 5.69 Å². The summed E-state index contributed by atoms with van der Waals surface area (Å²) in [6.45, 7) is 0. The van der Waals surface area contributed by atoms with Crippen molar-refractivity contribution >= 4 is 32.5 Å². The number of aryl methyl sites for hydroxylation is 1. The van der Waals surface area contributed by atoms with E-state index in [4.69, 9.17) is 0 Å². The van der Waals surface area contributed by atoms with Crippen LogP contribution in [0.3, 0.4) is 0 Å². The summed E-state index contributed by atoms with van der Waals surface area (Å²) in [5, 5.41) is 16.3. The van der Waals surface area contributed by atoms with Crippen LogP contribution < -0.4 is 0 Å². The van der Waals surface area contributed by atoms with Gasteiger partial charge < -0.3 is 0 Å². The number of nitro groups is 1. The molecule has 0 N–H and O–H groups in total. The van der Waals surface area contributed by atoms with Crippen molar-refractivity contribution in [2.24, 2.45) is 7.05 Å². The predicted octanol–water partition coefficient (Wildman–Crippen LogP) is 3.31. The first-order chi connectivity index (χ1) is 9.56. The van der Waals surface area contributed by atoms with Gasteiger partial charge in [-0.25, -0.2) is 4.98 Å². The molecule has 2 heterocycles. The lowest BCUT2D eigenvalue weighted by Gasteiger charge is -2.04. The Morgan fingerprint density at radius 3 is 2.85 bits per heavy atom. The van der Waals surface area contributed by atoms with E-state index >= 15 is 0 Å². The summed E-state index contributed by atoms with van der Waals surface area (Å²) in [5.41, 5.74) is 1.92. The molecule has 3 aromatic rings. The molecule has 0 unspecified atom stereocenters. The maximum absolute atomic E-state index is 11.2. The monoisotopic (exact) mass is 332 g/mol. The van der Waals surface area contributed by atoms with Gasteiger partial charge in [-0.1, -0.05) is 12.1 Å². The van der Waals surface area contributed by atoms with Crippen molar-refractivity contribution in [2.45, 2.75) is 0 Å². The van der Waals surface area contributed by atoms with Gasteiger partial charge in [0.05, 0.1) is 16.6 Å². The van der Waals surface area contributed by atoms with Gasteiger partial charge in [0.2, 0.25) is 0 Å². The van der Waals surface area contributed by atoms with E-state index in [0.29, 0.717) is 15.7 Å². The Morgan fingerprint density at radius 2 is 2.10 bits per heavy atom. The molecule has 0 radical (unpaired) electrons. The highest BCUT2D eigenvalue weighted by Gasteiger charge is 2.18. The van der Waals surface area contributed by atoms with Gasteiger partial charge >= 0.3 is 0 Å². The van der Waals surface area contributed by atoms with Crippen LogP contribution in [0.25, 0.3) is 22.2 Å². The Hall–Kier alpha value is -2.28. The highest BCUT2D eigenvalue weighted by molar-refractivity contribution is 9.10. The molecule has 3 rings (SSSR count). The molecule has 0 saturated heterocycles. The molecule has 2 aromatic heterocycles. The highest BCUT2D eigenvalue weighted by Crippen LogP contribution is 2.31. The molecular formula is C13H9BrN4O2. The zero-order valence-electron chi connectivity index (χ0n) is 10.4. The lowest BCUT2D eigenvalue weighted by molar-refractivity contribution is -0.384. The Kier molecular flexibility index (Phi) is 2.98. The van der Waals surface area contributed by atoms with Gasteiger partial charge in [0.25, 0.3) is 5.69 Å². The van der Waals surface area contributed by atoms with E-state index < -0.39 is 4.92 Å². The molecule has 0 atom stereocenters. The van der Waals surface area contributed by atoms with Gasteiger partial charge in [-0.15, -0.1) is 0 Å². The number of halogens is 1. The second-order valence-electron chi connectivity index (χ2n) is 4.32. The minimum absolute atomic E-state index is 0.0270. The van der Waals surface area contributed by atoms with Crippen LogP contribution in [0.2, 0.25) is 0 Å². The largest absolute Gasteiger partial charge is 0.296 e. The molecule has 7 heteroatoms. The molecule has 0 saturated carbocycles. The van der Waals surface area contributed by atoms with Crippen molar-refractivity contribution < 1.29 is 4.92 Å². The number of aromatic nitrogens is 3. The topological polar surface area (TPSA) is 73.8 Å². The minimum Gasteiger partial charge on any atom is -0.268 e. The van der Waals surface area contributed by atoms with Gasteiger partial charge in [0.15, 0.2) is 0 Å². The second-order valence-corrected chi connectivity index (χ2v) is 5.24. The zero-order valence-corrected chi connectivity index (χ0v) is 12.0. The Labute approximate surface area is 122 Å². The maximum atomic E-state index is 11.2. The molecular weight excluding hydrogens is 324 g/mol. The van der Waals surface area contributed by atoms with E-state index in [9.17, 15) is 10.1 Å². The van der Waals surface area contributed by atoms with Crippen molar-refractivity contribution in [3.8, 4) is 11.3 Å². The average Bonchev–Trinajstić information content (AvgIpc) is 2.80. The molecule has 0 bridgehead atoms. The number of benzene rings is 1. The fraction of sp³-hybridized carbons (Fsp3) is 0.0769. The van der Waals surface area contributed by atoms with E-state index in [0.717, 1.165) is 10.9 Å². The molecule has 1 aromatic carbocycles. The molecule has 0 aliphatic heterocycles. The first kappa shape index (κ1) is 12.7. The fourth-order valence-corrected chi connectivity index (χ4v) is 2.40. The predicted molar refractivity (Wildman–Crippen MR) is 78.3 cm³/mol. The van der Waals surface area contributed by atoms with Gasteiger partial charge in [-0.05, 0) is 22.0 Å². The van der Waals surface area contributed by atoms with Crippen molar-refractivity contribution in [3.63, 3.8) is 0 Å². The lowest BCUT2D eigenvalue weighted by atomic mass is 10.1. The molecule has 0 aliphatic carbocycles. The molecule has 0 fully saturated rings. The molecule has 0 aliphatic rings. The van der Waals surface area contributed by atoms with Crippen LogP contribution in [-0.4, -0.2) is 19.7 Å². The van der Waals surface area contributed by atoms with Crippen LogP contribution in [-0.2, 0) is 7.05 Å². The quantitative estimate of drug-likeness (QED) is 0.533. The zero-order chi connectivity index (χ0) is 14.3. The average molecular weight is 333 g/mol. The van der Waals surface area contributed by atoms with E-state index in [1.165, 1.54) is 6.07 Å². The highest BCUT2D eigenvalue weighted by atomic mass is 79.9. The number of fused-ring (bicyclic) bond motifs is 1. The van der Waals surface area contributed by atoms with Crippen LogP contribution >= 0.6 is 15.9 Å². The first-order valence-corrected chi connectivity index (χ1v) is 6.57. The van der Waals surface area contributed by atoms with Gasteiger partial charge in [0, 0.05) is 34.7 Å². The summed E-state index contributed by atoms with van der Waals surface area (Å²) in [7, 11) is 1.83. The molecule has 20 heavy (non-hydrogen) atoms. The van der Waals surface area contributed by atoms with Crippen LogP contribution in [0.1, 0.15) is 0 Å². The van der Waals surface area contributed by atoms with Crippen LogP contribution in [0.5, 0.6) is 0 Å². The van der Waals surface area contributed by atoms with Crippen LogP contribution in [0.4, 0.5) is 5.69 Å². The third-order valence-corrected chi connectivity index (χ3v) is 3.49. The van der Waals surface area contributed by atoms with Gasteiger partial charge in [-0.3, -0.25) is 14.8 Å². The van der Waals surface area contributed by atoms with Crippen molar-refractivity contribution in [1.82, 2.24) is 14.8 Å². The molecule has 100 valence electrons. The smallest absolute Gasteiger partial charge is 0.268 e. The van der Waals surface area contributed by atoms with E-state index in [1.807, 2.05) is 25.2 Å². The van der Waals surface area contributed by atoms with E-state index in [1.54, 1.807) is 17.1 Å². The van der Waals surface area contributed by atoms with Crippen molar-refractivity contribution in [3.05, 3.63) is 51.2 Å². The third-order valence-electron chi connectivity index (χ3n) is 3.05. The summed E-state index contributed by atoms with van der Waals surface area (Å²) in [5.74, 6) is 0. The van der Waals surface area contributed by atoms with Crippen LogP contribution in [0.15, 0.2) is 41.1 Å². The molecule has 6 nitrogen and oxygen atoms in total. The Balaban J connectivity index is 2.24. The number of pyridine rings is 1. The Morgan fingerprint density at radius 1 is 1.30 bits per heavy atom. The SMILES string of the molecule is Cn1ncc2ccc(-c3ncc(Br)cc3[N+](=O)[O-])cc21. The summed E-state index contributed by atoms with van der Waals surface area (Å²) in [6, 6.07) is 7.00. The first-order valence-electron chi connectivity index (χ1n) is 5.78. The fourth-order valence-electron chi connectivity index (χ4n) is 2.08. The second kappa shape index (κ2) is 4.68. The van der Waals surface area contributed by atoms with Gasteiger partial charge in [-0.2, -0.15) is 5.10 Å². The lowest BCUT2D eigenvalue weighted by Crippen LogP contribution is -1.95. The number of nitrogens with zero attached hydrogens (tertiary/aromatic N) is 4. The molecule has 0 spiro atoms. The summed E-state index contributed by atoms with van der Waals surface area (Å²) in [4.78, 5) is 14.9. The van der Waals surface area contributed by atoms with Crippen molar-refractivity contribution in [2.75, 3.05) is 0 Å². The summed E-state index contributed by atoms with van der Waals surface area (Å²) < 4.78 is 2.30. The molecule has 0 amide bonds. The normalized spacial score (nSPS) is 10.9. The maximum Gasteiger partial charge on any atom is 0.296 e.